The van der Waals surface area contributed by atoms with E-state index in [0.29, 0.717) is 13.0 Å². The number of hydrogen-bond acceptors (Lipinski definition) is 3. The van der Waals surface area contributed by atoms with Crippen LogP contribution in [-0.2, 0) is 17.8 Å². The first-order chi connectivity index (χ1) is 11.7. The molecule has 1 amide bonds. The summed E-state index contributed by atoms with van der Waals surface area (Å²) in [5.41, 5.74) is 5.23. The third-order valence-electron chi connectivity index (χ3n) is 4.01. The molecule has 1 aromatic carbocycles. The number of benzene rings is 1. The predicted octanol–water partition coefficient (Wildman–Crippen LogP) is 3.90. The Morgan fingerprint density at radius 3 is 2.75 bits per heavy atom. The molecule has 0 spiro atoms. The molecule has 4 heteroatoms. The molecule has 0 aliphatic carbocycles. The van der Waals surface area contributed by atoms with Crippen LogP contribution >= 0.6 is 0 Å². The fraction of sp³-hybridized carbons (Fsp3) is 0.200. The van der Waals surface area contributed by atoms with Gasteiger partial charge in [0.15, 0.2) is 0 Å². The highest BCUT2D eigenvalue weighted by Gasteiger charge is 2.05. The Morgan fingerprint density at radius 2 is 2.04 bits per heavy atom. The highest BCUT2D eigenvalue weighted by molar-refractivity contribution is 5.76. The lowest BCUT2D eigenvalue weighted by atomic mass is 10.0. The smallest absolute Gasteiger partial charge is 0.220 e. The fourth-order valence-corrected chi connectivity index (χ4v) is 2.54. The average molecular weight is 320 g/mol. The first-order valence-electron chi connectivity index (χ1n) is 8.01. The predicted molar refractivity (Wildman–Crippen MR) is 93.3 cm³/mol. The Balaban J connectivity index is 1.48. The van der Waals surface area contributed by atoms with E-state index in [1.165, 1.54) is 11.1 Å². The van der Waals surface area contributed by atoms with Crippen LogP contribution in [0, 0.1) is 6.92 Å². The number of pyridine rings is 1. The summed E-state index contributed by atoms with van der Waals surface area (Å²) in [6.07, 6.45) is 6.32. The zero-order valence-electron chi connectivity index (χ0n) is 13.7. The van der Waals surface area contributed by atoms with Gasteiger partial charge in [0.05, 0.1) is 18.2 Å². The maximum absolute atomic E-state index is 12.0. The highest BCUT2D eigenvalue weighted by atomic mass is 16.3. The van der Waals surface area contributed by atoms with E-state index in [4.69, 9.17) is 4.42 Å². The van der Waals surface area contributed by atoms with Gasteiger partial charge in [-0.1, -0.05) is 30.3 Å². The molecule has 0 aliphatic rings. The molecule has 2 aromatic heterocycles. The van der Waals surface area contributed by atoms with Crippen LogP contribution in [0.15, 0.2) is 65.6 Å². The normalized spacial score (nSPS) is 10.5. The molecule has 2 heterocycles. The third kappa shape index (κ3) is 4.10. The van der Waals surface area contributed by atoms with Gasteiger partial charge in [-0.05, 0) is 42.2 Å². The van der Waals surface area contributed by atoms with Gasteiger partial charge in [0.1, 0.15) is 0 Å². The number of aryl methyl sites for hydroxylation is 2. The number of carbonyl (C=O) groups is 1. The van der Waals surface area contributed by atoms with Gasteiger partial charge in [0, 0.05) is 24.7 Å². The zero-order chi connectivity index (χ0) is 16.8. The third-order valence-corrected chi connectivity index (χ3v) is 4.01. The Labute approximate surface area is 141 Å². The fourth-order valence-electron chi connectivity index (χ4n) is 2.54. The standard InChI is InChI=1S/C20H20N2O2/c1-15-4-2-3-5-17(15)7-9-20(23)22-13-16-6-8-19(21-12-16)18-10-11-24-14-18/h2-6,8,10-12,14H,7,9,13H2,1H3,(H,22,23). The molecule has 0 radical (unpaired) electrons. The zero-order valence-corrected chi connectivity index (χ0v) is 13.7. The summed E-state index contributed by atoms with van der Waals surface area (Å²) >= 11 is 0. The summed E-state index contributed by atoms with van der Waals surface area (Å²) in [5.74, 6) is 0.0529. The van der Waals surface area contributed by atoms with Crippen molar-refractivity contribution >= 4 is 5.91 Å². The molecule has 0 aliphatic heterocycles. The van der Waals surface area contributed by atoms with Crippen molar-refractivity contribution < 1.29 is 9.21 Å². The van der Waals surface area contributed by atoms with Gasteiger partial charge < -0.3 is 9.73 Å². The van der Waals surface area contributed by atoms with Crippen molar-refractivity contribution in [3.05, 3.63) is 77.9 Å². The number of hydrogen-bond donors (Lipinski definition) is 1. The summed E-state index contributed by atoms with van der Waals surface area (Å²) in [6, 6.07) is 13.9. The molecule has 0 atom stereocenters. The second-order valence-electron chi connectivity index (χ2n) is 5.77. The van der Waals surface area contributed by atoms with E-state index in [0.717, 1.165) is 23.2 Å². The molecule has 0 bridgehead atoms. The SMILES string of the molecule is Cc1ccccc1CCC(=O)NCc1ccc(-c2ccoc2)nc1. The van der Waals surface area contributed by atoms with E-state index in [2.05, 4.69) is 29.4 Å². The van der Waals surface area contributed by atoms with Crippen LogP contribution in [0.2, 0.25) is 0 Å². The second-order valence-corrected chi connectivity index (χ2v) is 5.77. The largest absolute Gasteiger partial charge is 0.472 e. The van der Waals surface area contributed by atoms with Crippen LogP contribution < -0.4 is 5.32 Å². The van der Waals surface area contributed by atoms with E-state index in [-0.39, 0.29) is 5.91 Å². The minimum Gasteiger partial charge on any atom is -0.472 e. The monoisotopic (exact) mass is 320 g/mol. The Kier molecular flexibility index (Phi) is 5.06. The van der Waals surface area contributed by atoms with Crippen LogP contribution in [0.3, 0.4) is 0 Å². The number of furan rings is 1. The molecule has 3 aromatic rings. The molecule has 0 fully saturated rings. The maximum atomic E-state index is 12.0. The number of amides is 1. The lowest BCUT2D eigenvalue weighted by molar-refractivity contribution is -0.121. The summed E-state index contributed by atoms with van der Waals surface area (Å²) in [6.45, 7) is 2.56. The van der Waals surface area contributed by atoms with Gasteiger partial charge in [0.25, 0.3) is 0 Å². The molecule has 4 nitrogen and oxygen atoms in total. The Bertz CT molecular complexity index is 793. The quantitative estimate of drug-likeness (QED) is 0.749. The molecule has 122 valence electrons. The van der Waals surface area contributed by atoms with Crippen LogP contribution in [0.1, 0.15) is 23.1 Å². The van der Waals surface area contributed by atoms with Gasteiger partial charge in [-0.15, -0.1) is 0 Å². The average Bonchev–Trinajstić information content (AvgIpc) is 3.14. The first kappa shape index (κ1) is 16.0. The number of rotatable bonds is 6. The van der Waals surface area contributed by atoms with Crippen molar-refractivity contribution in [2.45, 2.75) is 26.3 Å². The second kappa shape index (κ2) is 7.59. The van der Waals surface area contributed by atoms with Crippen molar-refractivity contribution in [3.8, 4) is 11.3 Å². The van der Waals surface area contributed by atoms with Gasteiger partial charge >= 0.3 is 0 Å². The van der Waals surface area contributed by atoms with Crippen LogP contribution in [0.25, 0.3) is 11.3 Å². The molecule has 1 N–H and O–H groups in total. The molecule has 24 heavy (non-hydrogen) atoms. The minimum atomic E-state index is 0.0529. The topological polar surface area (TPSA) is 55.1 Å². The number of aromatic nitrogens is 1. The van der Waals surface area contributed by atoms with Crippen molar-refractivity contribution in [2.24, 2.45) is 0 Å². The van der Waals surface area contributed by atoms with Crippen molar-refractivity contribution in [2.75, 3.05) is 0 Å². The lowest BCUT2D eigenvalue weighted by Gasteiger charge is -2.07. The van der Waals surface area contributed by atoms with Gasteiger partial charge in [-0.3, -0.25) is 9.78 Å². The molecule has 0 saturated carbocycles. The van der Waals surface area contributed by atoms with E-state index in [1.807, 2.05) is 30.3 Å². The highest BCUT2D eigenvalue weighted by Crippen LogP contribution is 2.17. The molecular formula is C20H20N2O2. The number of nitrogens with one attached hydrogen (secondary N) is 1. The van der Waals surface area contributed by atoms with Crippen molar-refractivity contribution in [3.63, 3.8) is 0 Å². The summed E-state index contributed by atoms with van der Waals surface area (Å²) in [4.78, 5) is 16.4. The minimum absolute atomic E-state index is 0.0529. The Hall–Kier alpha value is -2.88. The van der Waals surface area contributed by atoms with Crippen molar-refractivity contribution in [1.82, 2.24) is 10.3 Å². The summed E-state index contributed by atoms with van der Waals surface area (Å²) < 4.78 is 5.05. The molecular weight excluding hydrogens is 300 g/mol. The summed E-state index contributed by atoms with van der Waals surface area (Å²) in [5, 5.41) is 2.95. The van der Waals surface area contributed by atoms with Crippen molar-refractivity contribution in [1.29, 1.82) is 0 Å². The molecule has 3 rings (SSSR count). The maximum Gasteiger partial charge on any atom is 0.220 e. The van der Waals surface area contributed by atoms with Gasteiger partial charge in [-0.25, -0.2) is 0 Å². The first-order valence-corrected chi connectivity index (χ1v) is 8.01. The van der Waals surface area contributed by atoms with Gasteiger partial charge in [0.2, 0.25) is 5.91 Å². The molecule has 0 saturated heterocycles. The summed E-state index contributed by atoms with van der Waals surface area (Å²) in [7, 11) is 0. The van der Waals surface area contributed by atoms with E-state index in [1.54, 1.807) is 18.7 Å². The number of carbonyl (C=O) groups excluding carboxylic acids is 1. The van der Waals surface area contributed by atoms with E-state index in [9.17, 15) is 4.79 Å². The lowest BCUT2D eigenvalue weighted by Crippen LogP contribution is -2.23. The number of nitrogens with zero attached hydrogens (tertiary/aromatic N) is 1. The van der Waals surface area contributed by atoms with Gasteiger partial charge in [-0.2, -0.15) is 0 Å². The van der Waals surface area contributed by atoms with E-state index < -0.39 is 0 Å². The van der Waals surface area contributed by atoms with Crippen LogP contribution in [0.5, 0.6) is 0 Å². The Morgan fingerprint density at radius 1 is 1.17 bits per heavy atom. The van der Waals surface area contributed by atoms with Crippen LogP contribution in [0.4, 0.5) is 0 Å². The molecule has 0 unspecified atom stereocenters. The van der Waals surface area contributed by atoms with E-state index >= 15 is 0 Å². The van der Waals surface area contributed by atoms with Crippen LogP contribution in [-0.4, -0.2) is 10.9 Å².